The molecular formula is C47H82NO8P. The van der Waals surface area contributed by atoms with Gasteiger partial charge in [0.1, 0.15) is 6.61 Å². The summed E-state index contributed by atoms with van der Waals surface area (Å²) < 4.78 is 33.4. The van der Waals surface area contributed by atoms with Gasteiger partial charge in [-0.05, 0) is 104 Å². The summed E-state index contributed by atoms with van der Waals surface area (Å²) in [5.41, 5.74) is 0. The molecule has 0 radical (unpaired) electrons. The van der Waals surface area contributed by atoms with E-state index in [2.05, 4.69) is 86.8 Å². The zero-order chi connectivity index (χ0) is 41.9. The Kier molecular flexibility index (Phi) is 39.7. The fourth-order valence-electron chi connectivity index (χ4n) is 5.52. The molecule has 0 aromatic carbocycles. The van der Waals surface area contributed by atoms with Crippen molar-refractivity contribution in [2.45, 2.75) is 174 Å². The molecule has 2 atom stereocenters. The Bertz CT molecular complexity index is 1180. The predicted octanol–water partition coefficient (Wildman–Crippen LogP) is 12.9. The minimum Gasteiger partial charge on any atom is -0.462 e. The number of phosphoric acid groups is 1. The number of carbonyl (C=O) groups is 2. The normalized spacial score (nSPS) is 14.1. The molecule has 0 rings (SSSR count). The molecule has 0 heterocycles. The molecule has 0 bridgehead atoms. The van der Waals surface area contributed by atoms with Gasteiger partial charge in [0.15, 0.2) is 6.10 Å². The summed E-state index contributed by atoms with van der Waals surface area (Å²) in [5.74, 6) is -0.861. The first-order valence-corrected chi connectivity index (χ1v) is 23.7. The summed E-state index contributed by atoms with van der Waals surface area (Å²) >= 11 is 0. The number of likely N-dealkylation sites (N-methyl/N-ethyl adjacent to an activating group) is 1. The Labute approximate surface area is 348 Å². The molecule has 328 valence electrons. The average molecular weight is 820 g/mol. The highest BCUT2D eigenvalue weighted by Crippen LogP contribution is 2.43. The lowest BCUT2D eigenvalue weighted by Gasteiger charge is -2.20. The van der Waals surface area contributed by atoms with Crippen molar-refractivity contribution in [1.82, 2.24) is 4.90 Å². The number of hydrogen-bond acceptors (Lipinski definition) is 8. The van der Waals surface area contributed by atoms with Crippen LogP contribution in [0.3, 0.4) is 0 Å². The molecule has 9 nitrogen and oxygen atoms in total. The Morgan fingerprint density at radius 2 is 0.947 bits per heavy atom. The van der Waals surface area contributed by atoms with Gasteiger partial charge in [-0.15, -0.1) is 0 Å². The fourth-order valence-corrected chi connectivity index (χ4v) is 6.26. The number of unbranched alkanes of at least 4 members (excludes halogenated alkanes) is 14. The van der Waals surface area contributed by atoms with Crippen LogP contribution in [-0.4, -0.2) is 68.3 Å². The van der Waals surface area contributed by atoms with Gasteiger partial charge in [-0.3, -0.25) is 18.6 Å². The van der Waals surface area contributed by atoms with Crippen molar-refractivity contribution in [3.05, 3.63) is 72.9 Å². The van der Waals surface area contributed by atoms with Crippen LogP contribution in [0.15, 0.2) is 72.9 Å². The van der Waals surface area contributed by atoms with Crippen LogP contribution in [0, 0.1) is 0 Å². The first-order chi connectivity index (χ1) is 27.7. The SMILES string of the molecule is CCCCC/C=C\C/C=C\C/C=C\C/C=C\CCCCCC(=O)OCC(COP(=O)(O)OCCN(C)C)OC(=O)CCCCCCC/C=C\C/C=C\CCCCC. The van der Waals surface area contributed by atoms with Crippen LogP contribution in [0.1, 0.15) is 168 Å². The van der Waals surface area contributed by atoms with Crippen molar-refractivity contribution in [3.63, 3.8) is 0 Å². The standard InChI is InChI=1S/C47H82NO8P/c1-5-7-9-11-13-15-17-19-21-22-23-24-26-27-29-31-33-35-37-39-46(49)53-43-45(44-55-57(51,52)54-42-41-48(3)4)56-47(50)40-38-36-34-32-30-28-25-20-18-16-14-12-10-8-6-2/h13-16,19-21,23-25,27,29,45H,5-12,17-18,22,26,28,30-44H2,1-4H3,(H,51,52)/b15-13-,16-14-,21-19-,24-23-,25-20-,29-27-. The van der Waals surface area contributed by atoms with E-state index in [0.717, 1.165) is 77.0 Å². The topological polar surface area (TPSA) is 112 Å². The van der Waals surface area contributed by atoms with Crippen LogP contribution in [-0.2, 0) is 32.7 Å². The maximum atomic E-state index is 12.6. The van der Waals surface area contributed by atoms with E-state index < -0.39 is 32.5 Å². The number of rotatable bonds is 40. The van der Waals surface area contributed by atoms with Gasteiger partial charge in [-0.2, -0.15) is 0 Å². The predicted molar refractivity (Wildman–Crippen MR) is 238 cm³/mol. The van der Waals surface area contributed by atoms with E-state index in [0.29, 0.717) is 19.4 Å². The molecule has 0 aliphatic carbocycles. The molecule has 1 N–H and O–H groups in total. The smallest absolute Gasteiger partial charge is 0.462 e. The highest BCUT2D eigenvalue weighted by atomic mass is 31.2. The van der Waals surface area contributed by atoms with Crippen molar-refractivity contribution in [2.75, 3.05) is 40.5 Å². The van der Waals surface area contributed by atoms with E-state index in [9.17, 15) is 19.0 Å². The van der Waals surface area contributed by atoms with E-state index in [1.807, 2.05) is 19.0 Å². The molecule has 0 aliphatic heterocycles. The second kappa shape index (κ2) is 41.6. The number of allylic oxidation sites excluding steroid dienone is 12. The molecule has 0 spiro atoms. The van der Waals surface area contributed by atoms with Gasteiger partial charge in [-0.25, -0.2) is 4.57 Å². The number of esters is 2. The zero-order valence-electron chi connectivity index (χ0n) is 36.5. The highest BCUT2D eigenvalue weighted by molar-refractivity contribution is 7.47. The van der Waals surface area contributed by atoms with Gasteiger partial charge >= 0.3 is 19.8 Å². The number of ether oxygens (including phenoxy) is 2. The molecule has 0 fully saturated rings. The molecule has 0 saturated carbocycles. The largest absolute Gasteiger partial charge is 0.472 e. The number of hydrogen-bond donors (Lipinski definition) is 1. The van der Waals surface area contributed by atoms with Crippen molar-refractivity contribution in [2.24, 2.45) is 0 Å². The van der Waals surface area contributed by atoms with E-state index in [4.69, 9.17) is 18.5 Å². The van der Waals surface area contributed by atoms with Crippen molar-refractivity contribution < 1.29 is 37.6 Å². The molecule has 0 aliphatic rings. The van der Waals surface area contributed by atoms with Crippen molar-refractivity contribution in [3.8, 4) is 0 Å². The van der Waals surface area contributed by atoms with Gasteiger partial charge in [-0.1, -0.05) is 138 Å². The quantitative estimate of drug-likeness (QED) is 0.0279. The highest BCUT2D eigenvalue weighted by Gasteiger charge is 2.26. The molecule has 0 aromatic heterocycles. The summed E-state index contributed by atoms with van der Waals surface area (Å²) in [5, 5.41) is 0. The third-order valence-electron chi connectivity index (χ3n) is 8.99. The Hall–Kier alpha value is -2.55. The van der Waals surface area contributed by atoms with E-state index >= 15 is 0 Å². The summed E-state index contributed by atoms with van der Waals surface area (Å²) in [6.45, 7) is 4.20. The molecule has 0 aromatic rings. The lowest BCUT2D eigenvalue weighted by Crippen LogP contribution is -2.29. The van der Waals surface area contributed by atoms with Gasteiger partial charge in [0, 0.05) is 19.4 Å². The average Bonchev–Trinajstić information content (AvgIpc) is 3.18. The second-order valence-corrected chi connectivity index (χ2v) is 16.3. The molecule has 0 amide bonds. The monoisotopic (exact) mass is 820 g/mol. The molecule has 2 unspecified atom stereocenters. The van der Waals surface area contributed by atoms with Crippen LogP contribution >= 0.6 is 7.82 Å². The van der Waals surface area contributed by atoms with Crippen LogP contribution in [0.25, 0.3) is 0 Å². The Balaban J connectivity index is 4.38. The zero-order valence-corrected chi connectivity index (χ0v) is 37.4. The molecule has 10 heteroatoms. The van der Waals surface area contributed by atoms with Crippen LogP contribution in [0.5, 0.6) is 0 Å². The molecule has 0 saturated heterocycles. The Morgan fingerprint density at radius 1 is 0.544 bits per heavy atom. The summed E-state index contributed by atoms with van der Waals surface area (Å²) in [7, 11) is -0.743. The van der Waals surface area contributed by atoms with E-state index in [1.165, 1.54) is 51.4 Å². The molecular weight excluding hydrogens is 737 g/mol. The third kappa shape index (κ3) is 42.9. The van der Waals surface area contributed by atoms with E-state index in [1.54, 1.807) is 0 Å². The van der Waals surface area contributed by atoms with E-state index in [-0.39, 0.29) is 26.1 Å². The summed E-state index contributed by atoms with van der Waals surface area (Å²) in [6.07, 6.45) is 49.4. The lowest BCUT2D eigenvalue weighted by molar-refractivity contribution is -0.161. The first-order valence-electron chi connectivity index (χ1n) is 22.2. The summed E-state index contributed by atoms with van der Waals surface area (Å²) in [4.78, 5) is 37.0. The number of carbonyl (C=O) groups excluding carboxylic acids is 2. The summed E-state index contributed by atoms with van der Waals surface area (Å²) in [6, 6.07) is 0. The number of nitrogens with zero attached hydrogens (tertiary/aromatic N) is 1. The maximum Gasteiger partial charge on any atom is 0.472 e. The maximum absolute atomic E-state index is 12.6. The third-order valence-corrected chi connectivity index (χ3v) is 9.97. The number of phosphoric ester groups is 1. The first kappa shape index (κ1) is 54.5. The second-order valence-electron chi connectivity index (χ2n) is 14.9. The van der Waals surface area contributed by atoms with Crippen molar-refractivity contribution in [1.29, 1.82) is 0 Å². The fraction of sp³-hybridized carbons (Fsp3) is 0.702. The van der Waals surface area contributed by atoms with Gasteiger partial charge in [0.25, 0.3) is 0 Å². The van der Waals surface area contributed by atoms with Gasteiger partial charge < -0.3 is 19.3 Å². The van der Waals surface area contributed by atoms with Gasteiger partial charge in [0.05, 0.1) is 13.2 Å². The Morgan fingerprint density at radius 3 is 1.42 bits per heavy atom. The molecule has 57 heavy (non-hydrogen) atoms. The minimum atomic E-state index is -4.38. The van der Waals surface area contributed by atoms with Crippen molar-refractivity contribution >= 4 is 19.8 Å². The van der Waals surface area contributed by atoms with Crippen LogP contribution in [0.4, 0.5) is 0 Å². The minimum absolute atomic E-state index is 0.00451. The van der Waals surface area contributed by atoms with Crippen LogP contribution in [0.2, 0.25) is 0 Å². The van der Waals surface area contributed by atoms with Gasteiger partial charge in [0.2, 0.25) is 0 Å². The lowest BCUT2D eigenvalue weighted by atomic mass is 10.1. The van der Waals surface area contributed by atoms with Crippen LogP contribution < -0.4 is 0 Å².